The molecule has 1 heterocycles. The van der Waals surface area contributed by atoms with Crippen LogP contribution in [0.1, 0.15) is 24.0 Å². The van der Waals surface area contributed by atoms with E-state index in [1.807, 2.05) is 25.1 Å². The third kappa shape index (κ3) is 3.37. The SMILES string of the molecule is Cc1ccc(C=CC(=O)N2CCC[C@@H]2CO)cc1Cl. The first-order valence-electron chi connectivity index (χ1n) is 6.47. The highest BCUT2D eigenvalue weighted by molar-refractivity contribution is 6.31. The van der Waals surface area contributed by atoms with Crippen LogP contribution in [0.2, 0.25) is 5.02 Å². The molecule has 1 aliphatic rings. The van der Waals surface area contributed by atoms with E-state index in [2.05, 4.69) is 0 Å². The number of likely N-dealkylation sites (tertiary alicyclic amines) is 1. The molecule has 102 valence electrons. The predicted molar refractivity (Wildman–Crippen MR) is 77.0 cm³/mol. The minimum Gasteiger partial charge on any atom is -0.394 e. The summed E-state index contributed by atoms with van der Waals surface area (Å²) in [5, 5.41) is 9.90. The number of halogens is 1. The highest BCUT2D eigenvalue weighted by Crippen LogP contribution is 2.19. The number of aliphatic hydroxyl groups excluding tert-OH is 1. The second-order valence-electron chi connectivity index (χ2n) is 4.85. The number of hydrogen-bond donors (Lipinski definition) is 1. The summed E-state index contributed by atoms with van der Waals surface area (Å²) in [5.74, 6) is -0.0479. The van der Waals surface area contributed by atoms with Gasteiger partial charge in [-0.05, 0) is 43.0 Å². The van der Waals surface area contributed by atoms with Crippen molar-refractivity contribution in [2.45, 2.75) is 25.8 Å². The Labute approximate surface area is 118 Å². The Balaban J connectivity index is 2.05. The van der Waals surface area contributed by atoms with E-state index in [0.717, 1.165) is 30.5 Å². The first kappa shape index (κ1) is 14.1. The van der Waals surface area contributed by atoms with Gasteiger partial charge in [0, 0.05) is 17.6 Å². The molecular weight excluding hydrogens is 262 g/mol. The molecular formula is C15H18ClNO2. The van der Waals surface area contributed by atoms with Crippen LogP contribution in [0, 0.1) is 6.92 Å². The molecule has 1 fully saturated rings. The molecule has 0 unspecified atom stereocenters. The highest BCUT2D eigenvalue weighted by Gasteiger charge is 2.26. The Bertz CT molecular complexity index is 499. The van der Waals surface area contributed by atoms with Gasteiger partial charge in [-0.15, -0.1) is 0 Å². The molecule has 1 aromatic carbocycles. The second-order valence-corrected chi connectivity index (χ2v) is 5.26. The smallest absolute Gasteiger partial charge is 0.246 e. The Morgan fingerprint density at radius 1 is 1.58 bits per heavy atom. The van der Waals surface area contributed by atoms with Crippen LogP contribution in [0.15, 0.2) is 24.3 Å². The lowest BCUT2D eigenvalue weighted by atomic mass is 10.1. The summed E-state index contributed by atoms with van der Waals surface area (Å²) in [6, 6.07) is 5.67. The number of nitrogens with zero attached hydrogens (tertiary/aromatic N) is 1. The van der Waals surface area contributed by atoms with Gasteiger partial charge in [-0.25, -0.2) is 0 Å². The van der Waals surface area contributed by atoms with Crippen molar-refractivity contribution in [3.05, 3.63) is 40.4 Å². The van der Waals surface area contributed by atoms with E-state index in [1.54, 1.807) is 17.1 Å². The number of rotatable bonds is 3. The number of benzene rings is 1. The lowest BCUT2D eigenvalue weighted by molar-refractivity contribution is -0.127. The van der Waals surface area contributed by atoms with Crippen LogP contribution in [0.25, 0.3) is 6.08 Å². The first-order valence-corrected chi connectivity index (χ1v) is 6.85. The molecule has 1 atom stereocenters. The Hall–Kier alpha value is -1.32. The maximum Gasteiger partial charge on any atom is 0.246 e. The molecule has 1 aliphatic heterocycles. The zero-order chi connectivity index (χ0) is 13.8. The van der Waals surface area contributed by atoms with E-state index < -0.39 is 0 Å². The maximum atomic E-state index is 12.0. The van der Waals surface area contributed by atoms with Gasteiger partial charge in [0.05, 0.1) is 12.6 Å². The maximum absolute atomic E-state index is 12.0. The fourth-order valence-corrected chi connectivity index (χ4v) is 2.48. The zero-order valence-corrected chi connectivity index (χ0v) is 11.7. The second kappa shape index (κ2) is 6.22. The molecule has 0 spiro atoms. The highest BCUT2D eigenvalue weighted by atomic mass is 35.5. The minimum absolute atomic E-state index is 0.0289. The average Bonchev–Trinajstić information content (AvgIpc) is 2.88. The summed E-state index contributed by atoms with van der Waals surface area (Å²) in [4.78, 5) is 13.8. The molecule has 0 saturated carbocycles. The summed E-state index contributed by atoms with van der Waals surface area (Å²) >= 11 is 6.04. The quantitative estimate of drug-likeness (QED) is 0.864. The number of carbonyl (C=O) groups excluding carboxylic acids is 1. The summed E-state index contributed by atoms with van der Waals surface area (Å²) in [6.45, 7) is 2.70. The van der Waals surface area contributed by atoms with E-state index >= 15 is 0 Å². The molecule has 0 aromatic heterocycles. The van der Waals surface area contributed by atoms with Gasteiger partial charge < -0.3 is 10.0 Å². The fourth-order valence-electron chi connectivity index (χ4n) is 2.29. The Morgan fingerprint density at radius 3 is 3.05 bits per heavy atom. The molecule has 1 N–H and O–H groups in total. The van der Waals surface area contributed by atoms with Crippen LogP contribution >= 0.6 is 11.6 Å². The van der Waals surface area contributed by atoms with E-state index in [9.17, 15) is 9.90 Å². The number of aliphatic hydroxyl groups is 1. The van der Waals surface area contributed by atoms with Gasteiger partial charge in [0.15, 0.2) is 0 Å². The van der Waals surface area contributed by atoms with Gasteiger partial charge in [0.1, 0.15) is 0 Å². The van der Waals surface area contributed by atoms with Gasteiger partial charge in [-0.3, -0.25) is 4.79 Å². The summed E-state index contributed by atoms with van der Waals surface area (Å²) < 4.78 is 0. The number of hydrogen-bond acceptors (Lipinski definition) is 2. The normalized spacial score (nSPS) is 19.3. The summed E-state index contributed by atoms with van der Waals surface area (Å²) in [6.07, 6.45) is 5.16. The molecule has 19 heavy (non-hydrogen) atoms. The molecule has 3 nitrogen and oxygen atoms in total. The van der Waals surface area contributed by atoms with Crippen LogP contribution in [0.4, 0.5) is 0 Å². The van der Waals surface area contributed by atoms with Gasteiger partial charge in [-0.1, -0.05) is 23.7 Å². The molecule has 1 amide bonds. The topological polar surface area (TPSA) is 40.5 Å². The first-order chi connectivity index (χ1) is 9.11. The van der Waals surface area contributed by atoms with Crippen LogP contribution in [-0.4, -0.2) is 35.1 Å². The van der Waals surface area contributed by atoms with Crippen LogP contribution in [0.3, 0.4) is 0 Å². The minimum atomic E-state index is -0.0479. The molecule has 4 heteroatoms. The molecule has 0 bridgehead atoms. The van der Waals surface area contributed by atoms with Crippen molar-refractivity contribution in [3.8, 4) is 0 Å². The van der Waals surface area contributed by atoms with Crippen molar-refractivity contribution in [2.24, 2.45) is 0 Å². The van der Waals surface area contributed by atoms with Crippen molar-refractivity contribution >= 4 is 23.6 Å². The molecule has 2 rings (SSSR count). The van der Waals surface area contributed by atoms with Crippen molar-refractivity contribution in [1.29, 1.82) is 0 Å². The van der Waals surface area contributed by atoms with Crippen LogP contribution < -0.4 is 0 Å². The number of aryl methyl sites for hydroxylation is 1. The largest absolute Gasteiger partial charge is 0.394 e. The van der Waals surface area contributed by atoms with Crippen LogP contribution in [-0.2, 0) is 4.79 Å². The van der Waals surface area contributed by atoms with Gasteiger partial charge in [-0.2, -0.15) is 0 Å². The van der Waals surface area contributed by atoms with E-state index in [4.69, 9.17) is 11.6 Å². The number of carbonyl (C=O) groups is 1. The Morgan fingerprint density at radius 2 is 2.37 bits per heavy atom. The van der Waals surface area contributed by atoms with Crippen molar-refractivity contribution in [3.63, 3.8) is 0 Å². The fraction of sp³-hybridized carbons (Fsp3) is 0.400. The Kier molecular flexibility index (Phi) is 4.61. The summed E-state index contributed by atoms with van der Waals surface area (Å²) in [7, 11) is 0. The monoisotopic (exact) mass is 279 g/mol. The molecule has 0 radical (unpaired) electrons. The van der Waals surface area contributed by atoms with Gasteiger partial charge in [0.2, 0.25) is 5.91 Å². The summed E-state index contributed by atoms with van der Waals surface area (Å²) in [5.41, 5.74) is 1.92. The third-order valence-corrected chi connectivity index (χ3v) is 3.89. The lowest BCUT2D eigenvalue weighted by Gasteiger charge is -2.21. The lowest BCUT2D eigenvalue weighted by Crippen LogP contribution is -2.36. The average molecular weight is 280 g/mol. The predicted octanol–water partition coefficient (Wildman–Crippen LogP) is 2.64. The van der Waals surface area contributed by atoms with E-state index in [0.29, 0.717) is 5.02 Å². The van der Waals surface area contributed by atoms with Gasteiger partial charge >= 0.3 is 0 Å². The van der Waals surface area contributed by atoms with Gasteiger partial charge in [0.25, 0.3) is 0 Å². The molecule has 1 aromatic rings. The molecule has 1 saturated heterocycles. The van der Waals surface area contributed by atoms with Crippen molar-refractivity contribution in [1.82, 2.24) is 4.90 Å². The van der Waals surface area contributed by atoms with Crippen LogP contribution in [0.5, 0.6) is 0 Å². The van der Waals surface area contributed by atoms with E-state index in [-0.39, 0.29) is 18.6 Å². The number of amides is 1. The standard InChI is InChI=1S/C15H18ClNO2/c1-11-4-5-12(9-14(11)16)6-7-15(19)17-8-2-3-13(17)10-18/h4-7,9,13,18H,2-3,8,10H2,1H3/t13-/m1/s1. The third-order valence-electron chi connectivity index (χ3n) is 3.49. The molecule has 0 aliphatic carbocycles. The van der Waals surface area contributed by atoms with Crippen molar-refractivity contribution in [2.75, 3.05) is 13.2 Å². The van der Waals surface area contributed by atoms with Crippen molar-refractivity contribution < 1.29 is 9.90 Å². The van der Waals surface area contributed by atoms with E-state index in [1.165, 1.54) is 0 Å². The zero-order valence-electron chi connectivity index (χ0n) is 11.0.